The lowest BCUT2D eigenvalue weighted by atomic mass is 10.2. The Morgan fingerprint density at radius 3 is 2.57 bits per heavy atom. The summed E-state index contributed by atoms with van der Waals surface area (Å²) in [5, 5.41) is 1.34. The number of benzene rings is 1. The minimum Gasteiger partial charge on any atom is -0.328 e. The van der Waals surface area contributed by atoms with Gasteiger partial charge in [0, 0.05) is 16.2 Å². The molecule has 0 aliphatic heterocycles. The lowest BCUT2D eigenvalue weighted by Crippen LogP contribution is -2.19. The largest absolute Gasteiger partial charge is 0.328 e. The molecule has 0 aliphatic rings. The summed E-state index contributed by atoms with van der Waals surface area (Å²) in [5.74, 6) is 0. The molecule has 0 aliphatic carbocycles. The van der Waals surface area contributed by atoms with Crippen LogP contribution in [0, 0.1) is 0 Å². The maximum Gasteiger partial charge on any atom is 0.0541 e. The summed E-state index contributed by atoms with van der Waals surface area (Å²) in [6.45, 7) is 4.21. The Bertz CT molecular complexity index is 288. The molecule has 1 rings (SSSR count). The molecule has 0 saturated heterocycles. The molecule has 1 aromatic carbocycles. The first-order valence-corrected chi connectivity index (χ1v) is 6.02. The minimum atomic E-state index is 0.250. The zero-order valence-corrected chi connectivity index (χ0v) is 10.1. The van der Waals surface area contributed by atoms with E-state index in [1.807, 2.05) is 31.2 Å². The Hall–Kier alpha value is -0.180. The van der Waals surface area contributed by atoms with Crippen LogP contribution in [0.1, 0.15) is 20.3 Å². The maximum absolute atomic E-state index is 6.05. The van der Waals surface area contributed by atoms with Crippen LogP contribution in [-0.4, -0.2) is 11.3 Å². The molecule has 2 atom stereocenters. The number of thioether (sulfide) groups is 1. The fourth-order valence-electron chi connectivity index (χ4n) is 1.33. The molecule has 0 amide bonds. The van der Waals surface area contributed by atoms with Crippen LogP contribution >= 0.6 is 23.4 Å². The first-order chi connectivity index (χ1) is 6.59. The zero-order valence-electron chi connectivity index (χ0n) is 8.53. The van der Waals surface area contributed by atoms with Gasteiger partial charge in [-0.05, 0) is 25.5 Å². The number of nitrogens with two attached hydrogens (primary N) is 1. The van der Waals surface area contributed by atoms with Gasteiger partial charge < -0.3 is 5.73 Å². The molecule has 2 N–H and O–H groups in total. The quantitative estimate of drug-likeness (QED) is 0.800. The van der Waals surface area contributed by atoms with Crippen LogP contribution in [0.2, 0.25) is 5.02 Å². The molecule has 0 saturated carbocycles. The molecule has 0 bridgehead atoms. The number of halogens is 1. The van der Waals surface area contributed by atoms with Gasteiger partial charge in [-0.1, -0.05) is 30.7 Å². The van der Waals surface area contributed by atoms with Crippen molar-refractivity contribution in [2.75, 3.05) is 0 Å². The summed E-state index contributed by atoms with van der Waals surface area (Å²) in [6, 6.07) is 8.17. The van der Waals surface area contributed by atoms with E-state index in [9.17, 15) is 0 Å². The molecule has 3 heteroatoms. The third-order valence-electron chi connectivity index (χ3n) is 1.87. The summed E-state index contributed by atoms with van der Waals surface area (Å²) >= 11 is 7.84. The van der Waals surface area contributed by atoms with Crippen molar-refractivity contribution in [2.24, 2.45) is 5.73 Å². The van der Waals surface area contributed by atoms with Crippen LogP contribution < -0.4 is 5.73 Å². The van der Waals surface area contributed by atoms with Gasteiger partial charge in [0.05, 0.1) is 5.02 Å². The van der Waals surface area contributed by atoms with Gasteiger partial charge in [-0.25, -0.2) is 0 Å². The Kier molecular flexibility index (Phi) is 4.79. The fraction of sp³-hybridized carbons (Fsp3) is 0.455. The van der Waals surface area contributed by atoms with Gasteiger partial charge in [-0.3, -0.25) is 0 Å². The summed E-state index contributed by atoms with van der Waals surface area (Å²) in [7, 11) is 0. The molecule has 2 unspecified atom stereocenters. The van der Waals surface area contributed by atoms with Crippen molar-refractivity contribution in [3.05, 3.63) is 29.3 Å². The zero-order chi connectivity index (χ0) is 10.6. The van der Waals surface area contributed by atoms with E-state index in [-0.39, 0.29) is 6.04 Å². The first kappa shape index (κ1) is 11.9. The average Bonchev–Trinajstić information content (AvgIpc) is 2.07. The van der Waals surface area contributed by atoms with Crippen molar-refractivity contribution in [3.8, 4) is 0 Å². The molecule has 0 spiro atoms. The normalized spacial score (nSPS) is 15.1. The van der Waals surface area contributed by atoms with E-state index in [0.29, 0.717) is 5.25 Å². The van der Waals surface area contributed by atoms with E-state index in [2.05, 4.69) is 6.92 Å². The number of hydrogen-bond donors (Lipinski definition) is 1. The topological polar surface area (TPSA) is 26.0 Å². The van der Waals surface area contributed by atoms with Crippen LogP contribution in [0.3, 0.4) is 0 Å². The summed E-state index contributed by atoms with van der Waals surface area (Å²) < 4.78 is 0. The molecule has 0 fully saturated rings. The second-order valence-electron chi connectivity index (χ2n) is 3.57. The molecule has 0 heterocycles. The van der Waals surface area contributed by atoms with Crippen molar-refractivity contribution in [2.45, 2.75) is 36.5 Å². The predicted octanol–water partition coefficient (Wildman–Crippen LogP) is 3.56. The smallest absolute Gasteiger partial charge is 0.0541 e. The molecule has 0 radical (unpaired) electrons. The first-order valence-electron chi connectivity index (χ1n) is 4.76. The predicted molar refractivity (Wildman–Crippen MR) is 65.0 cm³/mol. The van der Waals surface area contributed by atoms with Gasteiger partial charge in [0.15, 0.2) is 0 Å². The van der Waals surface area contributed by atoms with Crippen LogP contribution in [0.4, 0.5) is 0 Å². The van der Waals surface area contributed by atoms with Crippen molar-refractivity contribution in [1.29, 1.82) is 0 Å². The van der Waals surface area contributed by atoms with E-state index in [1.54, 1.807) is 11.8 Å². The van der Waals surface area contributed by atoms with Gasteiger partial charge in [0.25, 0.3) is 0 Å². The monoisotopic (exact) mass is 229 g/mol. The molecule has 14 heavy (non-hydrogen) atoms. The highest BCUT2D eigenvalue weighted by Crippen LogP contribution is 2.31. The Balaban J connectivity index is 2.56. The van der Waals surface area contributed by atoms with Gasteiger partial charge >= 0.3 is 0 Å². The molecule has 78 valence electrons. The summed E-state index contributed by atoms with van der Waals surface area (Å²) in [5.41, 5.74) is 5.74. The van der Waals surface area contributed by atoms with E-state index < -0.39 is 0 Å². The second-order valence-corrected chi connectivity index (χ2v) is 5.46. The van der Waals surface area contributed by atoms with Gasteiger partial charge in [-0.2, -0.15) is 0 Å². The second kappa shape index (κ2) is 5.64. The maximum atomic E-state index is 6.05. The van der Waals surface area contributed by atoms with Crippen molar-refractivity contribution in [1.82, 2.24) is 0 Å². The molecule has 1 nitrogen and oxygen atoms in total. The number of rotatable bonds is 4. The Morgan fingerprint density at radius 2 is 2.00 bits per heavy atom. The summed E-state index contributed by atoms with van der Waals surface area (Å²) in [6.07, 6.45) is 1.01. The lowest BCUT2D eigenvalue weighted by Gasteiger charge is -2.14. The van der Waals surface area contributed by atoms with Gasteiger partial charge in [0.1, 0.15) is 0 Å². The van der Waals surface area contributed by atoms with Crippen molar-refractivity contribution >= 4 is 23.4 Å². The third kappa shape index (κ3) is 3.91. The highest BCUT2D eigenvalue weighted by Gasteiger charge is 2.08. The molecule has 0 aromatic heterocycles. The van der Waals surface area contributed by atoms with E-state index >= 15 is 0 Å². The van der Waals surface area contributed by atoms with Crippen LogP contribution in [0.15, 0.2) is 29.2 Å². The Labute approximate surface area is 95.0 Å². The SMILES string of the molecule is CC(N)CC(C)Sc1ccccc1Cl. The van der Waals surface area contributed by atoms with Crippen molar-refractivity contribution < 1.29 is 0 Å². The van der Waals surface area contributed by atoms with Crippen LogP contribution in [0.25, 0.3) is 0 Å². The molecular weight excluding hydrogens is 214 g/mol. The van der Waals surface area contributed by atoms with Gasteiger partial charge in [-0.15, -0.1) is 11.8 Å². The standard InChI is InChI=1S/C11H16ClNS/c1-8(13)7-9(2)14-11-6-4-3-5-10(11)12/h3-6,8-9H,7,13H2,1-2H3. The van der Waals surface area contributed by atoms with E-state index in [4.69, 9.17) is 17.3 Å². The minimum absolute atomic E-state index is 0.250. The molecule has 1 aromatic rings. The lowest BCUT2D eigenvalue weighted by molar-refractivity contribution is 0.663. The Morgan fingerprint density at radius 1 is 1.36 bits per heavy atom. The van der Waals surface area contributed by atoms with Crippen molar-refractivity contribution in [3.63, 3.8) is 0 Å². The molecular formula is C11H16ClNS. The highest BCUT2D eigenvalue weighted by atomic mass is 35.5. The highest BCUT2D eigenvalue weighted by molar-refractivity contribution is 8.00. The van der Waals surface area contributed by atoms with Gasteiger partial charge in [0.2, 0.25) is 0 Å². The third-order valence-corrected chi connectivity index (χ3v) is 3.51. The average molecular weight is 230 g/mol. The van der Waals surface area contributed by atoms with E-state index in [0.717, 1.165) is 16.3 Å². The van der Waals surface area contributed by atoms with E-state index in [1.165, 1.54) is 0 Å². The van der Waals surface area contributed by atoms with Crippen LogP contribution in [0.5, 0.6) is 0 Å². The fourth-order valence-corrected chi connectivity index (χ4v) is 2.77. The summed E-state index contributed by atoms with van der Waals surface area (Å²) in [4.78, 5) is 1.14. The van der Waals surface area contributed by atoms with Crippen LogP contribution in [-0.2, 0) is 0 Å². The number of hydrogen-bond acceptors (Lipinski definition) is 2.